The predicted molar refractivity (Wildman–Crippen MR) is 108 cm³/mol. The van der Waals surface area contributed by atoms with Gasteiger partial charge >= 0.3 is 0 Å². The predicted octanol–water partition coefficient (Wildman–Crippen LogP) is 5.01. The van der Waals surface area contributed by atoms with E-state index in [1.165, 1.54) is 11.3 Å². The number of benzene rings is 2. The Morgan fingerprint density at radius 3 is 2.37 bits per heavy atom. The zero-order chi connectivity index (χ0) is 19.3. The topological polar surface area (TPSA) is 62.1 Å². The van der Waals surface area contributed by atoms with Crippen molar-refractivity contribution in [2.45, 2.75) is 25.9 Å². The van der Waals surface area contributed by atoms with Gasteiger partial charge in [0.2, 0.25) is 0 Å². The SMILES string of the molecule is CC(C)(Oc1ccccc1)C(=O)Nc1sc(Cc2ccccc2)cc1C#N. The number of anilines is 1. The van der Waals surface area contributed by atoms with Gasteiger partial charge in [0.1, 0.15) is 16.8 Å². The second-order valence-electron chi connectivity index (χ2n) is 6.61. The molecule has 0 saturated carbocycles. The molecule has 0 aliphatic heterocycles. The van der Waals surface area contributed by atoms with Crippen molar-refractivity contribution >= 4 is 22.2 Å². The molecule has 136 valence electrons. The lowest BCUT2D eigenvalue weighted by Crippen LogP contribution is -2.42. The zero-order valence-electron chi connectivity index (χ0n) is 15.2. The van der Waals surface area contributed by atoms with E-state index in [1.807, 2.05) is 54.6 Å². The lowest BCUT2D eigenvalue weighted by atomic mass is 10.1. The number of carbonyl (C=O) groups is 1. The highest BCUT2D eigenvalue weighted by Crippen LogP contribution is 2.30. The molecular formula is C22H20N2O2S. The summed E-state index contributed by atoms with van der Waals surface area (Å²) in [5.41, 5.74) is 0.557. The molecule has 0 fully saturated rings. The highest BCUT2D eigenvalue weighted by Gasteiger charge is 2.31. The molecule has 5 heteroatoms. The normalized spacial score (nSPS) is 10.9. The lowest BCUT2D eigenvalue weighted by molar-refractivity contribution is -0.128. The van der Waals surface area contributed by atoms with Gasteiger partial charge in [-0.3, -0.25) is 4.79 Å². The molecule has 1 amide bonds. The Balaban J connectivity index is 1.74. The Morgan fingerprint density at radius 1 is 1.11 bits per heavy atom. The fourth-order valence-electron chi connectivity index (χ4n) is 2.59. The van der Waals surface area contributed by atoms with E-state index in [9.17, 15) is 10.1 Å². The number of para-hydroxylation sites is 1. The highest BCUT2D eigenvalue weighted by molar-refractivity contribution is 7.16. The van der Waals surface area contributed by atoms with Gasteiger partial charge in [-0.1, -0.05) is 48.5 Å². The van der Waals surface area contributed by atoms with Crippen LogP contribution in [0.1, 0.15) is 29.9 Å². The van der Waals surface area contributed by atoms with E-state index in [4.69, 9.17) is 4.74 Å². The van der Waals surface area contributed by atoms with E-state index >= 15 is 0 Å². The van der Waals surface area contributed by atoms with E-state index < -0.39 is 5.60 Å². The van der Waals surface area contributed by atoms with Crippen molar-refractivity contribution in [3.8, 4) is 11.8 Å². The quantitative estimate of drug-likeness (QED) is 0.658. The number of nitrogens with zero attached hydrogens (tertiary/aromatic N) is 1. The summed E-state index contributed by atoms with van der Waals surface area (Å²) in [6.45, 7) is 3.42. The zero-order valence-corrected chi connectivity index (χ0v) is 16.0. The van der Waals surface area contributed by atoms with Gasteiger partial charge in [-0.15, -0.1) is 11.3 Å². The van der Waals surface area contributed by atoms with Crippen molar-refractivity contribution in [1.29, 1.82) is 5.26 Å². The maximum Gasteiger partial charge on any atom is 0.268 e. The first-order valence-corrected chi connectivity index (χ1v) is 9.42. The molecule has 1 heterocycles. The minimum atomic E-state index is -1.07. The molecule has 0 atom stereocenters. The molecule has 2 aromatic carbocycles. The van der Waals surface area contributed by atoms with Crippen molar-refractivity contribution in [3.63, 3.8) is 0 Å². The lowest BCUT2D eigenvalue weighted by Gasteiger charge is -2.25. The molecule has 0 radical (unpaired) electrons. The smallest absolute Gasteiger partial charge is 0.268 e. The van der Waals surface area contributed by atoms with Crippen molar-refractivity contribution in [2.75, 3.05) is 5.32 Å². The Labute approximate surface area is 163 Å². The minimum Gasteiger partial charge on any atom is -0.478 e. The molecule has 1 N–H and O–H groups in total. The van der Waals surface area contributed by atoms with Crippen LogP contribution in [0.4, 0.5) is 5.00 Å². The van der Waals surface area contributed by atoms with Crippen LogP contribution < -0.4 is 10.1 Å². The molecule has 1 aromatic heterocycles. The Hall–Kier alpha value is -3.10. The summed E-state index contributed by atoms with van der Waals surface area (Å²) in [5.74, 6) is 0.324. The van der Waals surface area contributed by atoms with E-state index in [2.05, 4.69) is 11.4 Å². The maximum atomic E-state index is 12.7. The van der Waals surface area contributed by atoms with Gasteiger partial charge in [-0.25, -0.2) is 0 Å². The third-order valence-electron chi connectivity index (χ3n) is 4.01. The molecule has 0 saturated heterocycles. The number of hydrogen-bond acceptors (Lipinski definition) is 4. The molecule has 3 rings (SSSR count). The standard InChI is InChI=1S/C22H20N2O2S/c1-22(2,26-18-11-7-4-8-12-18)21(25)24-20-17(15-23)14-19(27-20)13-16-9-5-3-6-10-16/h3-12,14H,13H2,1-2H3,(H,24,25). The van der Waals surface area contributed by atoms with E-state index in [0.717, 1.165) is 16.9 Å². The number of hydrogen-bond donors (Lipinski definition) is 1. The molecule has 0 bridgehead atoms. The highest BCUT2D eigenvalue weighted by atomic mass is 32.1. The van der Waals surface area contributed by atoms with Crippen LogP contribution in [0, 0.1) is 11.3 Å². The van der Waals surface area contributed by atoms with Crippen LogP contribution in [0.15, 0.2) is 66.7 Å². The van der Waals surface area contributed by atoms with E-state index in [-0.39, 0.29) is 5.91 Å². The van der Waals surface area contributed by atoms with Gasteiger partial charge < -0.3 is 10.1 Å². The Kier molecular flexibility index (Phi) is 5.58. The first-order valence-electron chi connectivity index (χ1n) is 8.60. The summed E-state index contributed by atoms with van der Waals surface area (Å²) in [6, 6.07) is 23.2. The van der Waals surface area contributed by atoms with Gasteiger partial charge in [0, 0.05) is 11.3 Å². The van der Waals surface area contributed by atoms with Crippen molar-refractivity contribution in [3.05, 3.63) is 82.7 Å². The number of carbonyl (C=O) groups excluding carboxylic acids is 1. The summed E-state index contributed by atoms with van der Waals surface area (Å²) in [6.07, 6.45) is 0.722. The van der Waals surface area contributed by atoms with Gasteiger partial charge in [0.15, 0.2) is 5.60 Å². The van der Waals surface area contributed by atoms with Crippen molar-refractivity contribution in [1.82, 2.24) is 0 Å². The first-order chi connectivity index (χ1) is 13.0. The third kappa shape index (κ3) is 4.75. The molecular weight excluding hydrogens is 356 g/mol. The van der Waals surface area contributed by atoms with Crippen LogP contribution >= 0.6 is 11.3 Å². The number of nitriles is 1. The Bertz CT molecular complexity index is 957. The number of ether oxygens (including phenoxy) is 1. The van der Waals surface area contributed by atoms with Gasteiger partial charge in [-0.05, 0) is 37.6 Å². The fourth-order valence-corrected chi connectivity index (χ4v) is 3.62. The number of rotatable bonds is 6. The first kappa shape index (κ1) is 18.7. The second kappa shape index (κ2) is 8.07. The van der Waals surface area contributed by atoms with E-state index in [0.29, 0.717) is 16.3 Å². The van der Waals surface area contributed by atoms with Crippen molar-refractivity contribution < 1.29 is 9.53 Å². The molecule has 3 aromatic rings. The minimum absolute atomic E-state index is 0.295. The van der Waals surface area contributed by atoms with Crippen LogP contribution in [-0.4, -0.2) is 11.5 Å². The summed E-state index contributed by atoms with van der Waals surface area (Å²) >= 11 is 1.42. The van der Waals surface area contributed by atoms with Crippen LogP contribution in [0.3, 0.4) is 0 Å². The molecule has 0 aliphatic rings. The summed E-state index contributed by atoms with van der Waals surface area (Å²) in [4.78, 5) is 13.8. The van der Waals surface area contributed by atoms with Crippen LogP contribution in [0.5, 0.6) is 5.75 Å². The number of nitrogens with one attached hydrogen (secondary N) is 1. The van der Waals surface area contributed by atoms with Gasteiger partial charge in [0.05, 0.1) is 5.56 Å². The maximum absolute atomic E-state index is 12.7. The summed E-state index contributed by atoms with van der Waals surface area (Å²) in [5, 5.41) is 12.8. The average molecular weight is 376 g/mol. The van der Waals surface area contributed by atoms with Crippen LogP contribution in [0.2, 0.25) is 0 Å². The molecule has 0 unspecified atom stereocenters. The third-order valence-corrected chi connectivity index (χ3v) is 5.07. The Morgan fingerprint density at radius 2 is 1.74 bits per heavy atom. The second-order valence-corrected chi connectivity index (χ2v) is 7.75. The van der Waals surface area contributed by atoms with Gasteiger partial charge in [-0.2, -0.15) is 5.26 Å². The van der Waals surface area contributed by atoms with Crippen molar-refractivity contribution in [2.24, 2.45) is 0 Å². The van der Waals surface area contributed by atoms with Crippen LogP contribution in [0.25, 0.3) is 0 Å². The monoisotopic (exact) mass is 376 g/mol. The number of amides is 1. The summed E-state index contributed by atoms with van der Waals surface area (Å²) < 4.78 is 5.82. The molecule has 0 spiro atoms. The summed E-state index contributed by atoms with van der Waals surface area (Å²) in [7, 11) is 0. The van der Waals surface area contributed by atoms with Gasteiger partial charge in [0.25, 0.3) is 5.91 Å². The fraction of sp³-hybridized carbons (Fsp3) is 0.182. The molecule has 27 heavy (non-hydrogen) atoms. The molecule has 4 nitrogen and oxygen atoms in total. The van der Waals surface area contributed by atoms with Crippen LogP contribution in [-0.2, 0) is 11.2 Å². The van der Waals surface area contributed by atoms with E-state index in [1.54, 1.807) is 26.0 Å². The largest absolute Gasteiger partial charge is 0.478 e. The molecule has 0 aliphatic carbocycles. The number of thiophene rings is 1. The average Bonchev–Trinajstić information content (AvgIpc) is 3.04.